The fourth-order valence-electron chi connectivity index (χ4n) is 6.30. The van der Waals surface area contributed by atoms with Crippen LogP contribution in [-0.4, -0.2) is 20.8 Å². The zero-order chi connectivity index (χ0) is 32.5. The van der Waals surface area contributed by atoms with Gasteiger partial charge in [0.15, 0.2) is 5.54 Å². The van der Waals surface area contributed by atoms with Crippen molar-refractivity contribution >= 4 is 28.5 Å². The molecule has 2 atom stereocenters. The molecule has 232 valence electrons. The number of hydrogen-bond donors (Lipinski definition) is 1. The third-order valence-corrected chi connectivity index (χ3v) is 9.94. The maximum absolute atomic E-state index is 15.8. The fraction of sp³-hybridized carbons (Fsp3) is 0.179. The molecule has 5 aromatic rings. The topological polar surface area (TPSA) is 75.7 Å². The molecule has 6 nitrogen and oxygen atoms in total. The lowest BCUT2D eigenvalue weighted by atomic mass is 9.75. The van der Waals surface area contributed by atoms with Crippen molar-refractivity contribution in [3.05, 3.63) is 167 Å². The van der Waals surface area contributed by atoms with Crippen molar-refractivity contribution in [2.45, 2.75) is 43.5 Å². The predicted octanol–water partition coefficient (Wildman–Crippen LogP) is 7.25. The molecule has 1 aliphatic heterocycles. The van der Waals surface area contributed by atoms with Gasteiger partial charge in [-0.15, -0.1) is 0 Å². The summed E-state index contributed by atoms with van der Waals surface area (Å²) >= 11 is 0. The van der Waals surface area contributed by atoms with Gasteiger partial charge in [-0.1, -0.05) is 121 Å². The smallest absolute Gasteiger partial charge is 0.308 e. The van der Waals surface area contributed by atoms with Gasteiger partial charge < -0.3 is 4.74 Å². The minimum atomic E-state index is -1.67. The van der Waals surface area contributed by atoms with Crippen molar-refractivity contribution in [2.75, 3.05) is 4.90 Å². The van der Waals surface area contributed by atoms with Gasteiger partial charge >= 0.3 is 5.97 Å². The molecule has 1 amide bonds. The molecule has 0 saturated carbocycles. The van der Waals surface area contributed by atoms with Crippen LogP contribution in [0.15, 0.2) is 140 Å². The number of carbonyl (C=O) groups excluding carboxylic acids is 2. The number of rotatable bonds is 8. The van der Waals surface area contributed by atoms with Crippen LogP contribution in [0.2, 0.25) is 0 Å². The van der Waals surface area contributed by atoms with Crippen molar-refractivity contribution in [3.63, 3.8) is 0 Å². The predicted molar refractivity (Wildman–Crippen MR) is 183 cm³/mol. The number of nitrogens with one attached hydrogen (secondary N) is 1. The first kappa shape index (κ1) is 31.1. The Bertz CT molecular complexity index is 1790. The first-order valence-electron chi connectivity index (χ1n) is 15.2. The molecule has 0 fully saturated rings. The Hall–Kier alpha value is -4.85. The molecule has 0 saturated heterocycles. The third-order valence-electron chi connectivity index (χ3n) is 8.33. The molecule has 0 aliphatic carbocycles. The molecule has 5 aromatic carbocycles. The number of benzene rings is 5. The summed E-state index contributed by atoms with van der Waals surface area (Å²) in [5, 5.41) is 0. The van der Waals surface area contributed by atoms with E-state index in [9.17, 15) is 9.00 Å². The van der Waals surface area contributed by atoms with Crippen LogP contribution in [-0.2, 0) is 31.7 Å². The Morgan fingerprint density at radius 3 is 1.61 bits per heavy atom. The summed E-state index contributed by atoms with van der Waals surface area (Å²) < 4.78 is 22.1. The van der Waals surface area contributed by atoms with Gasteiger partial charge in [0.2, 0.25) is 0 Å². The van der Waals surface area contributed by atoms with E-state index in [1.807, 2.05) is 141 Å². The zero-order valence-electron chi connectivity index (χ0n) is 26.3. The van der Waals surface area contributed by atoms with E-state index in [0.29, 0.717) is 22.6 Å². The third kappa shape index (κ3) is 5.15. The second-order valence-corrected chi connectivity index (χ2v) is 14.3. The Morgan fingerprint density at radius 1 is 0.696 bits per heavy atom. The SMILES string of the molecule is CC(=O)Oc1ccc([C@@]2(N[S@](=O)C(C)(C)C)C(=O)N(C(c3ccccc3)(c3ccccc3)c3ccccc3)c3ccccc32)cc1. The first-order valence-corrected chi connectivity index (χ1v) is 16.3. The summed E-state index contributed by atoms with van der Waals surface area (Å²) in [5.41, 5.74) is 1.96. The summed E-state index contributed by atoms with van der Waals surface area (Å²) in [6.07, 6.45) is 0. The van der Waals surface area contributed by atoms with Crippen LogP contribution in [0, 0.1) is 0 Å². The molecule has 6 rings (SSSR count). The largest absolute Gasteiger partial charge is 0.427 e. The fourth-order valence-corrected chi connectivity index (χ4v) is 7.20. The molecule has 0 radical (unpaired) electrons. The molecule has 1 aliphatic rings. The minimum Gasteiger partial charge on any atom is -0.427 e. The van der Waals surface area contributed by atoms with Gasteiger partial charge in [0.05, 0.1) is 21.4 Å². The van der Waals surface area contributed by atoms with Crippen LogP contribution in [0.1, 0.15) is 55.5 Å². The van der Waals surface area contributed by atoms with E-state index in [4.69, 9.17) is 4.74 Å². The maximum Gasteiger partial charge on any atom is 0.308 e. The van der Waals surface area contributed by atoms with Gasteiger partial charge in [-0.25, -0.2) is 8.93 Å². The number of para-hydroxylation sites is 1. The highest BCUT2D eigenvalue weighted by Gasteiger charge is 2.60. The van der Waals surface area contributed by atoms with E-state index in [-0.39, 0.29) is 5.91 Å². The summed E-state index contributed by atoms with van der Waals surface area (Å²) in [7, 11) is -1.67. The summed E-state index contributed by atoms with van der Waals surface area (Å²) in [6, 6.07) is 44.6. The highest BCUT2D eigenvalue weighted by atomic mass is 32.2. The standard InChI is InChI=1S/C39H36N2O4S/c1-28(42)45-33-26-24-29(25-27-33)38(40-46(44)37(2,3)4)34-22-14-15-23-35(34)41(36(38)43)39(30-16-8-5-9-17-30,31-18-10-6-11-19-31)32-20-12-7-13-21-32/h5-27,40H,1-4H3/t38-,46+/m0/s1. The Morgan fingerprint density at radius 2 is 1.15 bits per heavy atom. The number of ether oxygens (including phenoxy) is 1. The van der Waals surface area contributed by atoms with Crippen LogP contribution in [0.25, 0.3) is 0 Å². The van der Waals surface area contributed by atoms with Crippen LogP contribution < -0.4 is 14.4 Å². The van der Waals surface area contributed by atoms with E-state index < -0.39 is 32.8 Å². The Kier molecular flexibility index (Phi) is 8.23. The van der Waals surface area contributed by atoms with Crippen LogP contribution in [0.4, 0.5) is 5.69 Å². The minimum absolute atomic E-state index is 0.289. The van der Waals surface area contributed by atoms with Gasteiger partial charge in [-0.05, 0) is 61.2 Å². The molecule has 0 unspecified atom stereocenters. The molecule has 1 heterocycles. The van der Waals surface area contributed by atoms with E-state index >= 15 is 4.79 Å². The highest BCUT2D eigenvalue weighted by molar-refractivity contribution is 7.84. The van der Waals surface area contributed by atoms with Crippen molar-refractivity contribution in [1.29, 1.82) is 0 Å². The molecular weight excluding hydrogens is 593 g/mol. The lowest BCUT2D eigenvalue weighted by molar-refractivity contribution is -0.132. The highest BCUT2D eigenvalue weighted by Crippen LogP contribution is 2.54. The van der Waals surface area contributed by atoms with Crippen molar-refractivity contribution in [2.24, 2.45) is 0 Å². The van der Waals surface area contributed by atoms with Gasteiger partial charge in [-0.3, -0.25) is 14.5 Å². The zero-order valence-corrected chi connectivity index (χ0v) is 27.1. The van der Waals surface area contributed by atoms with Gasteiger partial charge in [0, 0.05) is 12.5 Å². The summed E-state index contributed by atoms with van der Waals surface area (Å²) in [4.78, 5) is 29.4. The Labute approximate surface area is 272 Å². The van der Waals surface area contributed by atoms with E-state index in [1.54, 1.807) is 24.3 Å². The van der Waals surface area contributed by atoms with Crippen molar-refractivity contribution < 1.29 is 18.5 Å². The van der Waals surface area contributed by atoms with Crippen molar-refractivity contribution in [1.82, 2.24) is 4.72 Å². The van der Waals surface area contributed by atoms with Gasteiger partial charge in [0.1, 0.15) is 11.3 Å². The maximum atomic E-state index is 15.8. The molecule has 1 N–H and O–H groups in total. The quantitative estimate of drug-likeness (QED) is 0.112. The number of nitrogens with zero attached hydrogens (tertiary/aromatic N) is 1. The number of hydrogen-bond acceptors (Lipinski definition) is 4. The van der Waals surface area contributed by atoms with Crippen LogP contribution >= 0.6 is 0 Å². The second-order valence-electron chi connectivity index (χ2n) is 12.3. The summed E-state index contributed by atoms with van der Waals surface area (Å²) in [6.45, 7) is 6.96. The second kappa shape index (κ2) is 12.2. The van der Waals surface area contributed by atoms with E-state index in [1.165, 1.54) is 6.92 Å². The lowest BCUT2D eigenvalue weighted by Gasteiger charge is -2.45. The van der Waals surface area contributed by atoms with Gasteiger partial charge in [0.25, 0.3) is 5.91 Å². The molecule has 0 aromatic heterocycles. The van der Waals surface area contributed by atoms with Crippen LogP contribution in [0.5, 0.6) is 5.75 Å². The number of amides is 1. The molecule has 0 spiro atoms. The Balaban J connectivity index is 1.71. The molecular formula is C39H36N2O4S. The molecule has 46 heavy (non-hydrogen) atoms. The van der Waals surface area contributed by atoms with Gasteiger partial charge in [-0.2, -0.15) is 0 Å². The average Bonchev–Trinajstić information content (AvgIpc) is 3.31. The monoisotopic (exact) mass is 628 g/mol. The molecule has 7 heteroatoms. The number of anilines is 1. The molecule has 0 bridgehead atoms. The number of carbonyl (C=O) groups is 2. The van der Waals surface area contributed by atoms with Crippen LogP contribution in [0.3, 0.4) is 0 Å². The first-order chi connectivity index (χ1) is 22.1. The average molecular weight is 629 g/mol. The van der Waals surface area contributed by atoms with Crippen molar-refractivity contribution in [3.8, 4) is 5.75 Å². The normalized spacial score (nSPS) is 17.0. The number of esters is 1. The number of fused-ring (bicyclic) bond motifs is 1. The lowest BCUT2D eigenvalue weighted by Crippen LogP contribution is -2.59. The van der Waals surface area contributed by atoms with E-state index in [2.05, 4.69) is 4.72 Å². The van der Waals surface area contributed by atoms with E-state index in [0.717, 1.165) is 16.7 Å². The summed E-state index contributed by atoms with van der Waals surface area (Å²) in [5.74, 6) is -0.379.